The molecule has 33 heavy (non-hydrogen) atoms. The zero-order chi connectivity index (χ0) is 22.4. The molecule has 0 aliphatic carbocycles. The molecule has 1 amide bonds. The van der Waals surface area contributed by atoms with Crippen molar-refractivity contribution in [2.24, 2.45) is 0 Å². The maximum atomic E-state index is 13.9. The number of β-lactam (4-membered cyclic amide) rings is 1. The molecular formula is C29H22ClNOS. The van der Waals surface area contributed by atoms with Gasteiger partial charge in [0.15, 0.2) is 0 Å². The van der Waals surface area contributed by atoms with E-state index in [9.17, 15) is 4.79 Å². The van der Waals surface area contributed by atoms with E-state index in [4.69, 9.17) is 11.6 Å². The smallest absolute Gasteiger partial charge is 0.238 e. The van der Waals surface area contributed by atoms with E-state index < -0.39 is 5.54 Å². The molecule has 4 aromatic carbocycles. The Hall–Kier alpha value is -3.01. The molecule has 6 rings (SSSR count). The van der Waals surface area contributed by atoms with E-state index in [1.807, 2.05) is 54.2 Å². The lowest BCUT2D eigenvalue weighted by atomic mass is 9.63. The molecule has 0 bridgehead atoms. The average Bonchev–Trinajstić information content (AvgIpc) is 2.98. The molecule has 162 valence electrons. The highest BCUT2D eigenvalue weighted by Crippen LogP contribution is 2.63. The van der Waals surface area contributed by atoms with Gasteiger partial charge < -0.3 is 0 Å². The number of fused-ring (bicyclic) bond motifs is 3. The highest BCUT2D eigenvalue weighted by atomic mass is 35.5. The summed E-state index contributed by atoms with van der Waals surface area (Å²) in [5.41, 5.74) is 4.00. The number of hydrogen-bond donors (Lipinski definition) is 0. The van der Waals surface area contributed by atoms with Crippen LogP contribution >= 0.6 is 23.4 Å². The first-order chi connectivity index (χ1) is 16.2. The van der Waals surface area contributed by atoms with Crippen LogP contribution in [-0.4, -0.2) is 5.91 Å². The second kappa shape index (κ2) is 8.09. The number of rotatable bonds is 3. The second-order valence-corrected chi connectivity index (χ2v) is 10.3. The first-order valence-electron chi connectivity index (χ1n) is 11.1. The van der Waals surface area contributed by atoms with Crippen molar-refractivity contribution >= 4 is 35.0 Å². The molecular weight excluding hydrogens is 446 g/mol. The number of carbonyl (C=O) groups is 1. The molecule has 0 spiro atoms. The minimum atomic E-state index is -0.469. The lowest BCUT2D eigenvalue weighted by Crippen LogP contribution is -2.67. The first-order valence-corrected chi connectivity index (χ1v) is 12.4. The molecule has 0 aromatic heterocycles. The molecule has 4 aromatic rings. The Bertz CT molecular complexity index is 1310. The SMILES string of the molecule is O=C1[C@H](c2ccccc2)[C@@]2(c3ccccc3)C[C@@H](c3ccc(Cl)cc3)Sc3ccccc3N12. The van der Waals surface area contributed by atoms with Gasteiger partial charge in [0.25, 0.3) is 0 Å². The lowest BCUT2D eigenvalue weighted by Gasteiger charge is -2.58. The Morgan fingerprint density at radius 2 is 1.39 bits per heavy atom. The number of thioether (sulfide) groups is 1. The highest BCUT2D eigenvalue weighted by molar-refractivity contribution is 7.99. The Kier molecular flexibility index (Phi) is 5.05. The van der Waals surface area contributed by atoms with Crippen molar-refractivity contribution in [1.82, 2.24) is 0 Å². The molecule has 0 unspecified atom stereocenters. The van der Waals surface area contributed by atoms with Gasteiger partial charge in [-0.05, 0) is 47.4 Å². The van der Waals surface area contributed by atoms with E-state index in [0.717, 1.165) is 27.6 Å². The van der Waals surface area contributed by atoms with Crippen molar-refractivity contribution < 1.29 is 4.79 Å². The van der Waals surface area contributed by atoms with E-state index in [1.54, 1.807) is 0 Å². The molecule has 0 radical (unpaired) electrons. The predicted molar refractivity (Wildman–Crippen MR) is 136 cm³/mol. The topological polar surface area (TPSA) is 20.3 Å². The van der Waals surface area contributed by atoms with Crippen molar-refractivity contribution in [3.8, 4) is 0 Å². The zero-order valence-electron chi connectivity index (χ0n) is 17.9. The third-order valence-corrected chi connectivity index (χ3v) is 8.44. The molecule has 0 N–H and O–H groups in total. The van der Waals surface area contributed by atoms with Crippen molar-refractivity contribution in [3.63, 3.8) is 0 Å². The van der Waals surface area contributed by atoms with Gasteiger partial charge in [-0.25, -0.2) is 0 Å². The monoisotopic (exact) mass is 467 g/mol. The molecule has 1 saturated heterocycles. The predicted octanol–water partition coefficient (Wildman–Crippen LogP) is 7.60. The molecule has 1 fully saturated rings. The van der Waals surface area contributed by atoms with Crippen LogP contribution in [0, 0.1) is 0 Å². The van der Waals surface area contributed by atoms with Gasteiger partial charge in [0.05, 0.1) is 17.1 Å². The molecule has 3 atom stereocenters. The van der Waals surface area contributed by atoms with Gasteiger partial charge >= 0.3 is 0 Å². The first kappa shape index (κ1) is 20.6. The van der Waals surface area contributed by atoms with Gasteiger partial charge in [0, 0.05) is 15.2 Å². The quantitative estimate of drug-likeness (QED) is 0.289. The summed E-state index contributed by atoms with van der Waals surface area (Å²) in [4.78, 5) is 17.1. The van der Waals surface area contributed by atoms with E-state index in [2.05, 4.69) is 71.6 Å². The average molecular weight is 468 g/mol. The number of amides is 1. The van der Waals surface area contributed by atoms with Crippen LogP contribution in [0.15, 0.2) is 114 Å². The number of hydrogen-bond acceptors (Lipinski definition) is 2. The Morgan fingerprint density at radius 3 is 2.12 bits per heavy atom. The van der Waals surface area contributed by atoms with Crippen molar-refractivity contribution in [2.45, 2.75) is 28.0 Å². The zero-order valence-corrected chi connectivity index (χ0v) is 19.5. The van der Waals surface area contributed by atoms with Crippen molar-refractivity contribution in [3.05, 3.63) is 131 Å². The van der Waals surface area contributed by atoms with Gasteiger partial charge in [0.2, 0.25) is 5.91 Å². The third kappa shape index (κ3) is 3.22. The number of halogens is 1. The van der Waals surface area contributed by atoms with Gasteiger partial charge in [-0.1, -0.05) is 96.5 Å². The maximum absolute atomic E-state index is 13.9. The van der Waals surface area contributed by atoms with Gasteiger partial charge in [-0.3, -0.25) is 9.69 Å². The van der Waals surface area contributed by atoms with Gasteiger partial charge in [0.1, 0.15) is 0 Å². The van der Waals surface area contributed by atoms with E-state index in [-0.39, 0.29) is 17.1 Å². The number of nitrogens with zero attached hydrogens (tertiary/aromatic N) is 1. The van der Waals surface area contributed by atoms with E-state index in [0.29, 0.717) is 0 Å². The van der Waals surface area contributed by atoms with Crippen LogP contribution in [-0.2, 0) is 10.3 Å². The Labute approximate surface area is 203 Å². The summed E-state index contributed by atoms with van der Waals surface area (Å²) in [5, 5.41) is 0.908. The number of para-hydroxylation sites is 1. The number of benzene rings is 4. The fraction of sp³-hybridized carbons (Fsp3) is 0.138. The second-order valence-electron chi connectivity index (χ2n) is 8.64. The molecule has 2 heterocycles. The largest absolute Gasteiger partial charge is 0.299 e. The van der Waals surface area contributed by atoms with Crippen LogP contribution in [0.1, 0.15) is 34.3 Å². The summed E-state index contributed by atoms with van der Waals surface area (Å²) in [6.45, 7) is 0. The molecule has 4 heteroatoms. The molecule has 2 aliphatic rings. The highest BCUT2D eigenvalue weighted by Gasteiger charge is 2.63. The summed E-state index contributed by atoms with van der Waals surface area (Å²) < 4.78 is 0. The normalized spacial score (nSPS) is 23.8. The van der Waals surface area contributed by atoms with E-state index in [1.165, 1.54) is 11.1 Å². The van der Waals surface area contributed by atoms with Crippen LogP contribution in [0.2, 0.25) is 5.02 Å². The summed E-state index contributed by atoms with van der Waals surface area (Å²) >= 11 is 8.05. The van der Waals surface area contributed by atoms with Gasteiger partial charge in [-0.2, -0.15) is 0 Å². The fourth-order valence-corrected chi connectivity index (χ4v) is 6.92. The molecule has 2 nitrogen and oxygen atoms in total. The number of anilines is 1. The minimum absolute atomic E-state index is 0.162. The lowest BCUT2D eigenvalue weighted by molar-refractivity contribution is -0.131. The maximum Gasteiger partial charge on any atom is 0.238 e. The minimum Gasteiger partial charge on any atom is -0.299 e. The summed E-state index contributed by atoms with van der Waals surface area (Å²) in [6, 6.07) is 37.2. The Morgan fingerprint density at radius 1 is 0.758 bits per heavy atom. The fourth-order valence-electron chi connectivity index (χ4n) is 5.42. The summed E-state index contributed by atoms with van der Waals surface area (Å²) in [6.07, 6.45) is 0.809. The van der Waals surface area contributed by atoms with Crippen molar-refractivity contribution in [1.29, 1.82) is 0 Å². The van der Waals surface area contributed by atoms with Crippen LogP contribution < -0.4 is 4.90 Å². The number of carbonyl (C=O) groups excluding carboxylic acids is 1. The standard InChI is InChI=1S/C29H22ClNOS/c30-23-17-15-20(16-18-23)26-19-29(22-11-5-2-6-12-22)27(21-9-3-1-4-10-21)28(32)31(29)24-13-7-8-14-25(24)33-26/h1-18,26-27H,19H2/t26-,27-,29-/m0/s1. The summed E-state index contributed by atoms with van der Waals surface area (Å²) in [5.74, 6) is -0.0717. The van der Waals surface area contributed by atoms with Crippen LogP contribution in [0.25, 0.3) is 0 Å². The van der Waals surface area contributed by atoms with Crippen LogP contribution in [0.4, 0.5) is 5.69 Å². The van der Waals surface area contributed by atoms with Crippen LogP contribution in [0.3, 0.4) is 0 Å². The Balaban J connectivity index is 1.60. The van der Waals surface area contributed by atoms with E-state index >= 15 is 0 Å². The van der Waals surface area contributed by atoms with Crippen molar-refractivity contribution in [2.75, 3.05) is 4.90 Å². The summed E-state index contributed by atoms with van der Waals surface area (Å²) in [7, 11) is 0. The molecule has 2 aliphatic heterocycles. The van der Waals surface area contributed by atoms with Gasteiger partial charge in [-0.15, -0.1) is 11.8 Å². The third-order valence-electron chi connectivity index (χ3n) is 6.86. The molecule has 0 saturated carbocycles. The van der Waals surface area contributed by atoms with Crippen LogP contribution in [0.5, 0.6) is 0 Å².